The molecule has 2 rings (SSSR count). The molecule has 2 heterocycles. The molecule has 1 aliphatic heterocycles. The Labute approximate surface area is 108 Å². The number of hydrogen-bond acceptors (Lipinski definition) is 4. The van der Waals surface area contributed by atoms with Gasteiger partial charge in [-0.3, -0.25) is 4.79 Å². The fourth-order valence-corrected chi connectivity index (χ4v) is 2.54. The molecule has 1 aromatic rings. The van der Waals surface area contributed by atoms with E-state index in [0.717, 1.165) is 39.0 Å². The van der Waals surface area contributed by atoms with Crippen LogP contribution in [0.3, 0.4) is 0 Å². The highest BCUT2D eigenvalue weighted by molar-refractivity contribution is 5.37. The van der Waals surface area contributed by atoms with Gasteiger partial charge in [-0.1, -0.05) is 6.92 Å². The van der Waals surface area contributed by atoms with Crippen molar-refractivity contribution in [3.05, 3.63) is 22.7 Å². The van der Waals surface area contributed by atoms with Gasteiger partial charge in [0.2, 0.25) is 0 Å². The second-order valence-electron chi connectivity index (χ2n) is 4.68. The molecule has 1 aromatic heterocycles. The average Bonchev–Trinajstić information content (AvgIpc) is 2.89. The Morgan fingerprint density at radius 2 is 2.39 bits per heavy atom. The Balaban J connectivity index is 2.30. The molecule has 1 unspecified atom stereocenters. The smallest absolute Gasteiger partial charge is 0.293 e. The number of rotatable bonds is 5. The number of nitrogens with zero attached hydrogens (tertiary/aromatic N) is 3. The van der Waals surface area contributed by atoms with E-state index in [1.807, 2.05) is 0 Å². The van der Waals surface area contributed by atoms with Gasteiger partial charge in [-0.25, -0.2) is 4.98 Å². The quantitative estimate of drug-likeness (QED) is 0.841. The van der Waals surface area contributed by atoms with E-state index in [-0.39, 0.29) is 5.56 Å². The molecule has 1 N–H and O–H groups in total. The van der Waals surface area contributed by atoms with Crippen molar-refractivity contribution >= 4 is 5.82 Å². The van der Waals surface area contributed by atoms with E-state index in [0.29, 0.717) is 11.9 Å². The van der Waals surface area contributed by atoms with Crippen molar-refractivity contribution in [3.8, 4) is 0 Å². The molecular formula is C13H22N4O. The highest BCUT2D eigenvalue weighted by Crippen LogP contribution is 2.13. The zero-order chi connectivity index (χ0) is 13.0. The molecule has 18 heavy (non-hydrogen) atoms. The largest absolute Gasteiger partial charge is 0.348 e. The first kappa shape index (κ1) is 13.1. The summed E-state index contributed by atoms with van der Waals surface area (Å²) in [6, 6.07) is 0.396. The Bertz CT molecular complexity index is 437. The molecule has 0 radical (unpaired) electrons. The number of aryl methyl sites for hydroxylation is 1. The van der Waals surface area contributed by atoms with Gasteiger partial charge in [0.05, 0.1) is 0 Å². The lowest BCUT2D eigenvalue weighted by molar-refractivity contribution is 0.609. The number of anilines is 1. The van der Waals surface area contributed by atoms with Crippen LogP contribution in [0.2, 0.25) is 0 Å². The highest BCUT2D eigenvalue weighted by Gasteiger charge is 2.24. The Kier molecular flexibility index (Phi) is 4.36. The summed E-state index contributed by atoms with van der Waals surface area (Å²) < 4.78 is 1.76. The molecule has 0 aromatic carbocycles. The van der Waals surface area contributed by atoms with E-state index in [2.05, 4.69) is 29.0 Å². The van der Waals surface area contributed by atoms with Crippen LogP contribution in [0.25, 0.3) is 0 Å². The third-order valence-corrected chi connectivity index (χ3v) is 3.45. The van der Waals surface area contributed by atoms with Crippen LogP contribution >= 0.6 is 0 Å². The first-order chi connectivity index (χ1) is 8.77. The van der Waals surface area contributed by atoms with Crippen molar-refractivity contribution in [2.45, 2.75) is 39.3 Å². The van der Waals surface area contributed by atoms with Crippen LogP contribution < -0.4 is 15.8 Å². The van der Waals surface area contributed by atoms with E-state index < -0.39 is 0 Å². The summed E-state index contributed by atoms with van der Waals surface area (Å²) in [5, 5.41) is 3.34. The average molecular weight is 250 g/mol. The first-order valence-corrected chi connectivity index (χ1v) is 6.80. The second-order valence-corrected chi connectivity index (χ2v) is 4.68. The van der Waals surface area contributed by atoms with Gasteiger partial charge >= 0.3 is 0 Å². The van der Waals surface area contributed by atoms with Gasteiger partial charge in [0.15, 0.2) is 5.82 Å². The summed E-state index contributed by atoms with van der Waals surface area (Å²) >= 11 is 0. The fraction of sp³-hybridized carbons (Fsp3) is 0.692. The molecule has 1 aliphatic rings. The van der Waals surface area contributed by atoms with Gasteiger partial charge < -0.3 is 14.8 Å². The van der Waals surface area contributed by atoms with Crippen molar-refractivity contribution < 1.29 is 0 Å². The predicted molar refractivity (Wildman–Crippen MR) is 73.1 cm³/mol. The van der Waals surface area contributed by atoms with Crippen molar-refractivity contribution in [2.24, 2.45) is 0 Å². The lowest BCUT2D eigenvalue weighted by Crippen LogP contribution is -2.41. The van der Waals surface area contributed by atoms with Gasteiger partial charge in [0.25, 0.3) is 5.56 Å². The van der Waals surface area contributed by atoms with E-state index >= 15 is 0 Å². The van der Waals surface area contributed by atoms with Gasteiger partial charge in [-0.05, 0) is 26.3 Å². The van der Waals surface area contributed by atoms with Crippen LogP contribution in [0.1, 0.15) is 26.7 Å². The minimum atomic E-state index is 0.0353. The molecule has 0 amide bonds. The van der Waals surface area contributed by atoms with E-state index in [9.17, 15) is 4.79 Å². The Morgan fingerprint density at radius 3 is 3.00 bits per heavy atom. The molecule has 0 spiro atoms. The van der Waals surface area contributed by atoms with Crippen LogP contribution in [0.5, 0.6) is 0 Å². The topological polar surface area (TPSA) is 50.2 Å². The van der Waals surface area contributed by atoms with E-state index in [1.165, 1.54) is 0 Å². The third-order valence-electron chi connectivity index (χ3n) is 3.45. The van der Waals surface area contributed by atoms with Crippen LogP contribution in [0.4, 0.5) is 5.82 Å². The number of nitrogens with one attached hydrogen (secondary N) is 1. The maximum Gasteiger partial charge on any atom is 0.293 e. The number of likely N-dealkylation sites (N-methyl/N-ethyl adjacent to an activating group) is 1. The molecule has 5 heteroatoms. The Morgan fingerprint density at radius 1 is 1.56 bits per heavy atom. The highest BCUT2D eigenvalue weighted by atomic mass is 16.1. The number of aromatic nitrogens is 2. The van der Waals surface area contributed by atoms with Crippen molar-refractivity contribution in [2.75, 3.05) is 24.5 Å². The molecule has 0 bridgehead atoms. The normalized spacial score (nSPS) is 19.1. The minimum Gasteiger partial charge on any atom is -0.348 e. The standard InChI is InChI=1S/C13H22N4O/c1-3-8-16-9-7-15-12(13(16)18)17(4-2)11-5-6-14-10-11/h7,9,11,14H,3-6,8,10H2,1-2H3. The fourth-order valence-electron chi connectivity index (χ4n) is 2.54. The van der Waals surface area contributed by atoms with Crippen molar-refractivity contribution in [1.29, 1.82) is 0 Å². The van der Waals surface area contributed by atoms with Gasteiger partial charge in [0, 0.05) is 38.1 Å². The molecule has 100 valence electrons. The molecule has 5 nitrogen and oxygen atoms in total. The Hall–Kier alpha value is -1.36. The van der Waals surface area contributed by atoms with Crippen molar-refractivity contribution in [1.82, 2.24) is 14.9 Å². The SMILES string of the molecule is CCCn1ccnc(N(CC)C2CCNC2)c1=O. The molecular weight excluding hydrogens is 228 g/mol. The zero-order valence-electron chi connectivity index (χ0n) is 11.2. The maximum absolute atomic E-state index is 12.4. The van der Waals surface area contributed by atoms with Crippen LogP contribution in [0.15, 0.2) is 17.2 Å². The summed E-state index contributed by atoms with van der Waals surface area (Å²) in [6.07, 6.45) is 5.55. The number of hydrogen-bond donors (Lipinski definition) is 1. The summed E-state index contributed by atoms with van der Waals surface area (Å²) in [5.41, 5.74) is 0.0353. The molecule has 0 aliphatic carbocycles. The van der Waals surface area contributed by atoms with E-state index in [1.54, 1.807) is 17.0 Å². The monoisotopic (exact) mass is 250 g/mol. The molecule has 1 fully saturated rings. The third kappa shape index (κ3) is 2.56. The van der Waals surface area contributed by atoms with Crippen LogP contribution in [-0.4, -0.2) is 35.2 Å². The minimum absolute atomic E-state index is 0.0353. The first-order valence-electron chi connectivity index (χ1n) is 6.80. The lowest BCUT2D eigenvalue weighted by Gasteiger charge is -2.27. The summed E-state index contributed by atoms with van der Waals surface area (Å²) in [7, 11) is 0. The zero-order valence-corrected chi connectivity index (χ0v) is 11.2. The van der Waals surface area contributed by atoms with Gasteiger partial charge in [0.1, 0.15) is 0 Å². The van der Waals surface area contributed by atoms with E-state index in [4.69, 9.17) is 0 Å². The second kappa shape index (κ2) is 6.00. The molecule has 1 saturated heterocycles. The van der Waals surface area contributed by atoms with Gasteiger partial charge in [-0.15, -0.1) is 0 Å². The van der Waals surface area contributed by atoms with Gasteiger partial charge in [-0.2, -0.15) is 0 Å². The summed E-state index contributed by atoms with van der Waals surface area (Å²) in [4.78, 5) is 18.8. The maximum atomic E-state index is 12.4. The summed E-state index contributed by atoms with van der Waals surface area (Å²) in [6.45, 7) is 7.70. The van der Waals surface area contributed by atoms with Crippen LogP contribution in [-0.2, 0) is 6.54 Å². The predicted octanol–water partition coefficient (Wildman–Crippen LogP) is 0.841. The lowest BCUT2D eigenvalue weighted by atomic mass is 10.2. The summed E-state index contributed by atoms with van der Waals surface area (Å²) in [5.74, 6) is 0.599. The van der Waals surface area contributed by atoms with Crippen LogP contribution in [0, 0.1) is 0 Å². The molecule has 1 atom stereocenters. The van der Waals surface area contributed by atoms with Crippen molar-refractivity contribution in [3.63, 3.8) is 0 Å². The molecule has 0 saturated carbocycles.